The molecule has 0 bridgehead atoms. The van der Waals surface area contributed by atoms with E-state index < -0.39 is 5.97 Å². The molecule has 0 heterocycles. The third-order valence-electron chi connectivity index (χ3n) is 2.11. The molecule has 1 aromatic rings. The van der Waals surface area contributed by atoms with Gasteiger partial charge in [0.05, 0.1) is 6.42 Å². The predicted octanol–water partition coefficient (Wildman–Crippen LogP) is 1.89. The first kappa shape index (κ1) is 11.5. The number of carboxylic acid groups (broad SMARTS) is 1. The number of carboxylic acids is 1. The lowest BCUT2D eigenvalue weighted by atomic mass is 10.1. The average Bonchev–Trinajstić information content (AvgIpc) is 2.24. The summed E-state index contributed by atoms with van der Waals surface area (Å²) in [5, 5.41) is 11.5. The molecule has 0 radical (unpaired) electrons. The van der Waals surface area contributed by atoms with Gasteiger partial charge in [-0.1, -0.05) is 36.9 Å². The van der Waals surface area contributed by atoms with Gasteiger partial charge in [-0.3, -0.25) is 4.79 Å². The van der Waals surface area contributed by atoms with E-state index in [1.54, 1.807) is 6.08 Å². The minimum absolute atomic E-state index is 0.149. The normalized spacial score (nSPS) is 9.87. The SMILES string of the molecule is C=Cc1ccccc1CNCCC(=O)O. The Labute approximate surface area is 89.4 Å². The summed E-state index contributed by atoms with van der Waals surface area (Å²) in [5.41, 5.74) is 2.22. The van der Waals surface area contributed by atoms with Gasteiger partial charge in [0.25, 0.3) is 0 Å². The largest absolute Gasteiger partial charge is 0.481 e. The average molecular weight is 205 g/mol. The minimum atomic E-state index is -0.778. The van der Waals surface area contributed by atoms with Gasteiger partial charge in [0.2, 0.25) is 0 Å². The Kier molecular flexibility index (Phi) is 4.57. The van der Waals surface area contributed by atoms with Gasteiger partial charge in [0.1, 0.15) is 0 Å². The molecule has 80 valence electrons. The summed E-state index contributed by atoms with van der Waals surface area (Å²) in [4.78, 5) is 10.3. The lowest BCUT2D eigenvalue weighted by Gasteiger charge is -2.06. The van der Waals surface area contributed by atoms with E-state index in [1.165, 1.54) is 0 Å². The summed E-state index contributed by atoms with van der Waals surface area (Å²) in [7, 11) is 0. The smallest absolute Gasteiger partial charge is 0.304 e. The van der Waals surface area contributed by atoms with Crippen LogP contribution >= 0.6 is 0 Å². The van der Waals surface area contributed by atoms with Crippen molar-refractivity contribution in [3.8, 4) is 0 Å². The standard InChI is InChI=1S/C12H15NO2/c1-2-10-5-3-4-6-11(10)9-13-8-7-12(14)15/h2-6,13H,1,7-9H2,(H,14,15). The molecule has 15 heavy (non-hydrogen) atoms. The first-order valence-electron chi connectivity index (χ1n) is 4.87. The van der Waals surface area contributed by atoms with Crippen LogP contribution in [0.25, 0.3) is 6.08 Å². The van der Waals surface area contributed by atoms with Crippen molar-refractivity contribution in [2.24, 2.45) is 0 Å². The highest BCUT2D eigenvalue weighted by molar-refractivity contribution is 5.66. The zero-order chi connectivity index (χ0) is 11.1. The molecule has 0 aliphatic heterocycles. The summed E-state index contributed by atoms with van der Waals surface area (Å²) in [6.07, 6.45) is 1.95. The van der Waals surface area contributed by atoms with E-state index in [2.05, 4.69) is 11.9 Å². The zero-order valence-electron chi connectivity index (χ0n) is 8.57. The maximum Gasteiger partial charge on any atom is 0.304 e. The molecule has 1 aromatic carbocycles. The van der Waals surface area contributed by atoms with Gasteiger partial charge in [-0.25, -0.2) is 0 Å². The molecule has 0 amide bonds. The van der Waals surface area contributed by atoms with Crippen LogP contribution in [-0.2, 0) is 11.3 Å². The molecule has 0 fully saturated rings. The van der Waals surface area contributed by atoms with E-state index in [0.29, 0.717) is 13.1 Å². The molecular formula is C12H15NO2. The predicted molar refractivity (Wildman–Crippen MR) is 60.5 cm³/mol. The van der Waals surface area contributed by atoms with Crippen LogP contribution in [0.3, 0.4) is 0 Å². The summed E-state index contributed by atoms with van der Waals surface area (Å²) < 4.78 is 0. The van der Waals surface area contributed by atoms with Gasteiger partial charge < -0.3 is 10.4 Å². The molecule has 0 unspecified atom stereocenters. The molecule has 0 atom stereocenters. The van der Waals surface area contributed by atoms with Crippen LogP contribution in [0.2, 0.25) is 0 Å². The second kappa shape index (κ2) is 5.98. The maximum absolute atomic E-state index is 10.3. The van der Waals surface area contributed by atoms with Crippen molar-refractivity contribution in [1.29, 1.82) is 0 Å². The molecule has 0 saturated heterocycles. The second-order valence-corrected chi connectivity index (χ2v) is 3.22. The molecule has 0 aliphatic rings. The van der Waals surface area contributed by atoms with Crippen molar-refractivity contribution < 1.29 is 9.90 Å². The summed E-state index contributed by atoms with van der Waals surface area (Å²) >= 11 is 0. The topological polar surface area (TPSA) is 49.3 Å². The second-order valence-electron chi connectivity index (χ2n) is 3.22. The van der Waals surface area contributed by atoms with Gasteiger partial charge in [0, 0.05) is 13.1 Å². The fourth-order valence-corrected chi connectivity index (χ4v) is 1.31. The van der Waals surface area contributed by atoms with Gasteiger partial charge in [0.15, 0.2) is 0 Å². The Balaban J connectivity index is 2.43. The molecular weight excluding hydrogens is 190 g/mol. The number of aliphatic carboxylic acids is 1. The van der Waals surface area contributed by atoms with Crippen molar-refractivity contribution >= 4 is 12.0 Å². The number of nitrogens with one attached hydrogen (secondary N) is 1. The van der Waals surface area contributed by atoms with Crippen molar-refractivity contribution in [2.45, 2.75) is 13.0 Å². The van der Waals surface area contributed by atoms with E-state index in [9.17, 15) is 4.79 Å². The molecule has 3 heteroatoms. The Hall–Kier alpha value is -1.61. The van der Waals surface area contributed by atoms with Crippen LogP contribution in [0.5, 0.6) is 0 Å². The van der Waals surface area contributed by atoms with Gasteiger partial charge in [-0.05, 0) is 11.1 Å². The fraction of sp³-hybridized carbons (Fsp3) is 0.250. The van der Waals surface area contributed by atoms with E-state index >= 15 is 0 Å². The molecule has 3 nitrogen and oxygen atoms in total. The number of benzene rings is 1. The van der Waals surface area contributed by atoms with Crippen LogP contribution in [0.1, 0.15) is 17.5 Å². The van der Waals surface area contributed by atoms with Gasteiger partial charge in [-0.15, -0.1) is 0 Å². The monoisotopic (exact) mass is 205 g/mol. The first-order valence-corrected chi connectivity index (χ1v) is 4.87. The highest BCUT2D eigenvalue weighted by Gasteiger charge is 1.99. The molecule has 0 aliphatic carbocycles. The number of rotatable bonds is 6. The minimum Gasteiger partial charge on any atom is -0.481 e. The Bertz CT molecular complexity index is 347. The Morgan fingerprint density at radius 2 is 2.20 bits per heavy atom. The number of hydrogen-bond donors (Lipinski definition) is 2. The van der Waals surface area contributed by atoms with E-state index in [0.717, 1.165) is 11.1 Å². The highest BCUT2D eigenvalue weighted by Crippen LogP contribution is 2.09. The Morgan fingerprint density at radius 1 is 1.47 bits per heavy atom. The van der Waals surface area contributed by atoms with Crippen molar-refractivity contribution in [3.63, 3.8) is 0 Å². The third kappa shape index (κ3) is 3.95. The van der Waals surface area contributed by atoms with Crippen LogP contribution in [0.4, 0.5) is 0 Å². The lowest BCUT2D eigenvalue weighted by Crippen LogP contribution is -2.18. The fourth-order valence-electron chi connectivity index (χ4n) is 1.31. The van der Waals surface area contributed by atoms with E-state index in [4.69, 9.17) is 5.11 Å². The highest BCUT2D eigenvalue weighted by atomic mass is 16.4. The van der Waals surface area contributed by atoms with Gasteiger partial charge >= 0.3 is 5.97 Å². The maximum atomic E-state index is 10.3. The van der Waals surface area contributed by atoms with Crippen LogP contribution in [0.15, 0.2) is 30.8 Å². The van der Waals surface area contributed by atoms with E-state index in [-0.39, 0.29) is 6.42 Å². The molecule has 1 rings (SSSR count). The van der Waals surface area contributed by atoms with Crippen molar-refractivity contribution in [3.05, 3.63) is 42.0 Å². The zero-order valence-corrected chi connectivity index (χ0v) is 8.57. The summed E-state index contributed by atoms with van der Waals surface area (Å²) in [6, 6.07) is 7.91. The molecule has 0 spiro atoms. The summed E-state index contributed by atoms with van der Waals surface area (Å²) in [6.45, 7) is 4.89. The lowest BCUT2D eigenvalue weighted by molar-refractivity contribution is -0.136. The third-order valence-corrected chi connectivity index (χ3v) is 2.11. The number of hydrogen-bond acceptors (Lipinski definition) is 2. The molecule has 2 N–H and O–H groups in total. The van der Waals surface area contributed by atoms with Crippen LogP contribution in [-0.4, -0.2) is 17.6 Å². The van der Waals surface area contributed by atoms with Crippen LogP contribution in [0, 0.1) is 0 Å². The molecule has 0 aromatic heterocycles. The van der Waals surface area contributed by atoms with Crippen molar-refractivity contribution in [1.82, 2.24) is 5.32 Å². The quantitative estimate of drug-likeness (QED) is 0.697. The van der Waals surface area contributed by atoms with E-state index in [1.807, 2.05) is 24.3 Å². The summed E-state index contributed by atoms with van der Waals surface area (Å²) in [5.74, 6) is -0.778. The van der Waals surface area contributed by atoms with Crippen molar-refractivity contribution in [2.75, 3.05) is 6.54 Å². The Morgan fingerprint density at radius 3 is 2.87 bits per heavy atom. The molecule has 0 saturated carbocycles. The van der Waals surface area contributed by atoms with Crippen LogP contribution < -0.4 is 5.32 Å². The van der Waals surface area contributed by atoms with Gasteiger partial charge in [-0.2, -0.15) is 0 Å². The first-order chi connectivity index (χ1) is 7.24. The number of carbonyl (C=O) groups is 1.